The van der Waals surface area contributed by atoms with Gasteiger partial charge in [0.2, 0.25) is 5.91 Å². The van der Waals surface area contributed by atoms with Crippen LogP contribution in [0.15, 0.2) is 24.3 Å². The van der Waals surface area contributed by atoms with Crippen molar-refractivity contribution in [2.45, 2.75) is 32.7 Å². The van der Waals surface area contributed by atoms with Crippen LogP contribution in [0.3, 0.4) is 0 Å². The number of hydrogen-bond donors (Lipinski definition) is 2. The van der Waals surface area contributed by atoms with Gasteiger partial charge in [-0.3, -0.25) is 4.79 Å². The zero-order valence-corrected chi connectivity index (χ0v) is 14.3. The van der Waals surface area contributed by atoms with E-state index in [0.29, 0.717) is 31.1 Å². The fourth-order valence-electron chi connectivity index (χ4n) is 1.88. The minimum absolute atomic E-state index is 0. The molecule has 0 aliphatic rings. The Morgan fingerprint density at radius 3 is 2.55 bits per heavy atom. The largest absolute Gasteiger partial charge is 0.493 e. The summed E-state index contributed by atoms with van der Waals surface area (Å²) in [5.74, 6) is 1.51. The van der Waals surface area contributed by atoms with Gasteiger partial charge in [0, 0.05) is 12.5 Å². The molecule has 1 aromatic rings. The molecule has 126 valence electrons. The van der Waals surface area contributed by atoms with Crippen LogP contribution in [0.5, 0.6) is 11.5 Å². The standard InChI is InChI=1S/C16H26N2O3.ClH/c1-4-7-13(17)16(19)18-10-12(2)11-21-15-9-6-5-8-14(15)20-3;/h5-6,8-9,12-13H,4,7,10-11,17H2,1-3H3,(H,18,19);1H. The summed E-state index contributed by atoms with van der Waals surface area (Å²) < 4.78 is 10.9. The van der Waals surface area contributed by atoms with E-state index in [1.165, 1.54) is 0 Å². The summed E-state index contributed by atoms with van der Waals surface area (Å²) in [6.45, 7) is 5.08. The molecule has 0 aromatic heterocycles. The number of carbonyl (C=O) groups is 1. The van der Waals surface area contributed by atoms with E-state index in [1.807, 2.05) is 38.1 Å². The first-order valence-corrected chi connectivity index (χ1v) is 7.37. The molecule has 1 aromatic carbocycles. The number of benzene rings is 1. The van der Waals surface area contributed by atoms with Gasteiger partial charge in [-0.2, -0.15) is 0 Å². The molecule has 0 aliphatic heterocycles. The molecule has 5 nitrogen and oxygen atoms in total. The highest BCUT2D eigenvalue weighted by atomic mass is 35.5. The number of methoxy groups -OCH3 is 1. The lowest BCUT2D eigenvalue weighted by atomic mass is 10.1. The fourth-order valence-corrected chi connectivity index (χ4v) is 1.88. The molecule has 2 unspecified atom stereocenters. The monoisotopic (exact) mass is 330 g/mol. The number of ether oxygens (including phenoxy) is 2. The van der Waals surface area contributed by atoms with Crippen LogP contribution in [0, 0.1) is 5.92 Å². The van der Waals surface area contributed by atoms with E-state index >= 15 is 0 Å². The van der Waals surface area contributed by atoms with Crippen LogP contribution < -0.4 is 20.5 Å². The summed E-state index contributed by atoms with van der Waals surface area (Å²) in [5, 5.41) is 2.86. The van der Waals surface area contributed by atoms with Gasteiger partial charge in [0.15, 0.2) is 11.5 Å². The van der Waals surface area contributed by atoms with E-state index in [0.717, 1.165) is 6.42 Å². The lowest BCUT2D eigenvalue weighted by Gasteiger charge is -2.17. The van der Waals surface area contributed by atoms with Crippen molar-refractivity contribution in [2.75, 3.05) is 20.3 Å². The van der Waals surface area contributed by atoms with E-state index in [9.17, 15) is 4.79 Å². The smallest absolute Gasteiger partial charge is 0.236 e. The quantitative estimate of drug-likeness (QED) is 0.729. The summed E-state index contributed by atoms with van der Waals surface area (Å²) in [4.78, 5) is 11.7. The van der Waals surface area contributed by atoms with Gasteiger partial charge in [0.25, 0.3) is 0 Å². The van der Waals surface area contributed by atoms with Gasteiger partial charge in [0.1, 0.15) is 0 Å². The van der Waals surface area contributed by atoms with Crippen molar-refractivity contribution < 1.29 is 14.3 Å². The molecule has 1 amide bonds. The lowest BCUT2D eigenvalue weighted by Crippen LogP contribution is -2.42. The second-order valence-electron chi connectivity index (χ2n) is 5.21. The molecular weight excluding hydrogens is 304 g/mol. The van der Waals surface area contributed by atoms with Gasteiger partial charge in [-0.1, -0.05) is 32.4 Å². The van der Waals surface area contributed by atoms with Crippen LogP contribution in [0.2, 0.25) is 0 Å². The fraction of sp³-hybridized carbons (Fsp3) is 0.562. The van der Waals surface area contributed by atoms with Gasteiger partial charge >= 0.3 is 0 Å². The van der Waals surface area contributed by atoms with Gasteiger partial charge in [-0.05, 0) is 18.6 Å². The third-order valence-electron chi connectivity index (χ3n) is 3.15. The first-order chi connectivity index (χ1) is 10.1. The van der Waals surface area contributed by atoms with Crippen molar-refractivity contribution in [3.05, 3.63) is 24.3 Å². The minimum atomic E-state index is -0.419. The van der Waals surface area contributed by atoms with Crippen LogP contribution in [0.1, 0.15) is 26.7 Å². The first kappa shape index (κ1) is 20.5. The highest BCUT2D eigenvalue weighted by Crippen LogP contribution is 2.26. The summed E-state index contributed by atoms with van der Waals surface area (Å²) in [6.07, 6.45) is 1.61. The van der Waals surface area contributed by atoms with Crippen molar-refractivity contribution in [1.82, 2.24) is 5.32 Å². The highest BCUT2D eigenvalue weighted by molar-refractivity contribution is 5.85. The maximum Gasteiger partial charge on any atom is 0.236 e. The second kappa shape index (κ2) is 11.2. The summed E-state index contributed by atoms with van der Waals surface area (Å²) in [5.41, 5.74) is 5.76. The molecule has 0 saturated carbocycles. The van der Waals surface area contributed by atoms with Crippen molar-refractivity contribution in [3.8, 4) is 11.5 Å². The molecule has 22 heavy (non-hydrogen) atoms. The molecule has 2 atom stereocenters. The van der Waals surface area contributed by atoms with Crippen molar-refractivity contribution in [3.63, 3.8) is 0 Å². The third kappa shape index (κ3) is 7.00. The Morgan fingerprint density at radius 1 is 1.32 bits per heavy atom. The Labute approximate surface area is 139 Å². The van der Waals surface area contributed by atoms with Crippen molar-refractivity contribution in [2.24, 2.45) is 11.7 Å². The van der Waals surface area contributed by atoms with Crippen LogP contribution in [0.4, 0.5) is 0 Å². The topological polar surface area (TPSA) is 73.6 Å². The number of carbonyl (C=O) groups excluding carboxylic acids is 1. The van der Waals surface area contributed by atoms with E-state index in [-0.39, 0.29) is 24.2 Å². The average molecular weight is 331 g/mol. The molecule has 6 heteroatoms. The molecule has 0 aliphatic carbocycles. The molecule has 1 rings (SSSR count). The number of hydrogen-bond acceptors (Lipinski definition) is 4. The zero-order chi connectivity index (χ0) is 15.7. The molecular formula is C16H27ClN2O3. The van der Waals surface area contributed by atoms with Gasteiger partial charge in [-0.15, -0.1) is 12.4 Å². The van der Waals surface area contributed by atoms with E-state index < -0.39 is 6.04 Å². The third-order valence-corrected chi connectivity index (χ3v) is 3.15. The number of rotatable bonds is 9. The molecule has 0 radical (unpaired) electrons. The van der Waals surface area contributed by atoms with E-state index in [1.54, 1.807) is 7.11 Å². The number of amides is 1. The normalized spacial score (nSPS) is 12.7. The Morgan fingerprint density at radius 2 is 1.95 bits per heavy atom. The highest BCUT2D eigenvalue weighted by Gasteiger charge is 2.13. The first-order valence-electron chi connectivity index (χ1n) is 7.37. The van der Waals surface area contributed by atoms with Gasteiger partial charge < -0.3 is 20.5 Å². The number of halogens is 1. The summed E-state index contributed by atoms with van der Waals surface area (Å²) in [7, 11) is 1.61. The van der Waals surface area contributed by atoms with E-state index in [2.05, 4.69) is 5.32 Å². The molecule has 0 heterocycles. The zero-order valence-electron chi connectivity index (χ0n) is 13.5. The Hall–Kier alpha value is -1.46. The van der Waals surface area contributed by atoms with Crippen LogP contribution in [-0.2, 0) is 4.79 Å². The lowest BCUT2D eigenvalue weighted by molar-refractivity contribution is -0.122. The van der Waals surface area contributed by atoms with Crippen molar-refractivity contribution in [1.29, 1.82) is 0 Å². The van der Waals surface area contributed by atoms with Crippen molar-refractivity contribution >= 4 is 18.3 Å². The SMILES string of the molecule is CCCC(N)C(=O)NCC(C)COc1ccccc1OC.Cl. The van der Waals surface area contributed by atoms with Crippen LogP contribution in [0.25, 0.3) is 0 Å². The maximum atomic E-state index is 11.7. The maximum absolute atomic E-state index is 11.7. The average Bonchev–Trinajstić information content (AvgIpc) is 2.50. The van der Waals surface area contributed by atoms with Crippen LogP contribution >= 0.6 is 12.4 Å². The van der Waals surface area contributed by atoms with Gasteiger partial charge in [0.05, 0.1) is 19.8 Å². The van der Waals surface area contributed by atoms with Gasteiger partial charge in [-0.25, -0.2) is 0 Å². The molecule has 3 N–H and O–H groups in total. The molecule has 0 spiro atoms. The Bertz CT molecular complexity index is 443. The molecule has 0 saturated heterocycles. The second-order valence-corrected chi connectivity index (χ2v) is 5.21. The number of nitrogens with one attached hydrogen (secondary N) is 1. The molecule has 0 bridgehead atoms. The number of para-hydroxylation sites is 2. The summed E-state index contributed by atoms with van der Waals surface area (Å²) in [6, 6.07) is 7.09. The molecule has 0 fully saturated rings. The predicted molar refractivity (Wildman–Crippen MR) is 90.8 cm³/mol. The van der Waals surface area contributed by atoms with E-state index in [4.69, 9.17) is 15.2 Å². The summed E-state index contributed by atoms with van der Waals surface area (Å²) >= 11 is 0. The minimum Gasteiger partial charge on any atom is -0.493 e. The predicted octanol–water partition coefficient (Wildman–Crippen LogP) is 2.38. The Kier molecular flexibility index (Phi) is 10.4. The number of nitrogens with two attached hydrogens (primary N) is 1. The van der Waals surface area contributed by atoms with Crippen LogP contribution in [-0.4, -0.2) is 32.2 Å². The Balaban J connectivity index is 0.00000441.